The molecule has 0 fully saturated rings. The summed E-state index contributed by atoms with van der Waals surface area (Å²) in [5.74, 6) is 0. The lowest BCUT2D eigenvalue weighted by Gasteiger charge is -2.22. The molecule has 158 valence electrons. The molecular formula is C32H25N. The van der Waals surface area contributed by atoms with E-state index in [1.807, 2.05) is 0 Å². The van der Waals surface area contributed by atoms with Gasteiger partial charge in [-0.05, 0) is 57.0 Å². The molecule has 0 unspecified atom stereocenters. The minimum absolute atomic E-state index is 0.0183. The van der Waals surface area contributed by atoms with E-state index >= 15 is 0 Å². The van der Waals surface area contributed by atoms with Crippen LogP contribution in [0, 0.1) is 0 Å². The van der Waals surface area contributed by atoms with Gasteiger partial charge in [-0.2, -0.15) is 0 Å². The molecule has 1 aromatic heterocycles. The molecule has 1 heterocycles. The second-order valence-corrected chi connectivity index (χ2v) is 9.90. The van der Waals surface area contributed by atoms with Gasteiger partial charge in [0.05, 0.1) is 5.52 Å². The van der Waals surface area contributed by atoms with Gasteiger partial charge in [0.25, 0.3) is 0 Å². The lowest BCUT2D eigenvalue weighted by atomic mass is 9.81. The molecule has 1 nitrogen and oxygen atoms in total. The van der Waals surface area contributed by atoms with Crippen molar-refractivity contribution in [1.82, 2.24) is 4.57 Å². The normalized spacial score (nSPS) is 14.2. The summed E-state index contributed by atoms with van der Waals surface area (Å²) in [5.41, 5.74) is 10.8. The fraction of sp³-hybridized carbons (Fsp3) is 0.125. The van der Waals surface area contributed by atoms with Gasteiger partial charge in [0.2, 0.25) is 0 Å². The molecule has 5 aromatic carbocycles. The maximum atomic E-state index is 2.41. The van der Waals surface area contributed by atoms with Crippen molar-refractivity contribution in [1.29, 1.82) is 0 Å². The largest absolute Gasteiger partial charge is 0.343 e. The van der Waals surface area contributed by atoms with Crippen LogP contribution >= 0.6 is 0 Å². The van der Waals surface area contributed by atoms with Crippen molar-refractivity contribution in [2.24, 2.45) is 7.05 Å². The third kappa shape index (κ3) is 2.42. The number of benzene rings is 5. The Morgan fingerprint density at radius 3 is 2.21 bits per heavy atom. The number of aromatic nitrogens is 1. The van der Waals surface area contributed by atoms with E-state index in [1.54, 1.807) is 0 Å². The Kier molecular flexibility index (Phi) is 3.60. The molecule has 0 bridgehead atoms. The van der Waals surface area contributed by atoms with Gasteiger partial charge >= 0.3 is 0 Å². The van der Waals surface area contributed by atoms with Crippen molar-refractivity contribution in [2.45, 2.75) is 19.3 Å². The Morgan fingerprint density at radius 2 is 1.30 bits per heavy atom. The van der Waals surface area contributed by atoms with Crippen LogP contribution in [-0.4, -0.2) is 4.57 Å². The highest BCUT2D eigenvalue weighted by Crippen LogP contribution is 2.49. The van der Waals surface area contributed by atoms with Crippen LogP contribution in [0.5, 0.6) is 0 Å². The zero-order valence-corrected chi connectivity index (χ0v) is 19.2. The highest BCUT2D eigenvalue weighted by atomic mass is 14.9. The van der Waals surface area contributed by atoms with E-state index in [0.29, 0.717) is 0 Å². The van der Waals surface area contributed by atoms with Gasteiger partial charge in [0.15, 0.2) is 0 Å². The van der Waals surface area contributed by atoms with E-state index < -0.39 is 0 Å². The average molecular weight is 424 g/mol. The molecule has 0 radical (unpaired) electrons. The van der Waals surface area contributed by atoms with Gasteiger partial charge in [-0.3, -0.25) is 0 Å². The van der Waals surface area contributed by atoms with Crippen molar-refractivity contribution in [3.63, 3.8) is 0 Å². The summed E-state index contributed by atoms with van der Waals surface area (Å²) in [4.78, 5) is 0. The second-order valence-electron chi connectivity index (χ2n) is 9.90. The monoisotopic (exact) mass is 423 g/mol. The van der Waals surface area contributed by atoms with Gasteiger partial charge < -0.3 is 4.57 Å². The molecular weight excluding hydrogens is 398 g/mol. The Morgan fingerprint density at radius 1 is 0.576 bits per heavy atom. The van der Waals surface area contributed by atoms with Crippen LogP contribution in [0.25, 0.3) is 54.8 Å². The summed E-state index contributed by atoms with van der Waals surface area (Å²) in [6.07, 6.45) is 0. The average Bonchev–Trinajstić information content (AvgIpc) is 3.27. The van der Waals surface area contributed by atoms with Crippen molar-refractivity contribution in [3.05, 3.63) is 108 Å². The molecule has 0 amide bonds. The van der Waals surface area contributed by atoms with Crippen LogP contribution in [0.15, 0.2) is 97.1 Å². The predicted octanol–water partition coefficient (Wildman–Crippen LogP) is 8.46. The molecule has 1 aliphatic rings. The zero-order valence-electron chi connectivity index (χ0n) is 19.2. The SMILES string of the molecule is Cn1c2ccc(-c3ccc4c(c3)C(C)(C)c3ccccc3-4)cc2c2ccc3ccccc3c21. The summed E-state index contributed by atoms with van der Waals surface area (Å²) in [7, 11) is 2.19. The topological polar surface area (TPSA) is 4.93 Å². The minimum Gasteiger partial charge on any atom is -0.343 e. The number of nitrogens with zero attached hydrogens (tertiary/aromatic N) is 1. The Bertz CT molecular complexity index is 1750. The van der Waals surface area contributed by atoms with Crippen LogP contribution in [0.3, 0.4) is 0 Å². The van der Waals surface area contributed by atoms with Crippen molar-refractivity contribution in [3.8, 4) is 22.3 Å². The number of fused-ring (bicyclic) bond motifs is 8. The molecule has 0 saturated carbocycles. The lowest BCUT2D eigenvalue weighted by Crippen LogP contribution is -2.14. The standard InChI is InChI=1S/C32H25N/c1-32(2)28-11-7-6-10-24(28)25-15-13-22(19-29(25)32)21-14-17-30-27(18-21)26-16-12-20-8-4-5-9-23(20)31(26)33(30)3/h4-19H,1-3H3. The Labute approximate surface area is 193 Å². The van der Waals surface area contributed by atoms with Crippen molar-refractivity contribution >= 4 is 32.6 Å². The first-order valence-corrected chi connectivity index (χ1v) is 11.7. The first-order chi connectivity index (χ1) is 16.0. The lowest BCUT2D eigenvalue weighted by molar-refractivity contribution is 0.660. The number of aryl methyl sites for hydroxylation is 1. The smallest absolute Gasteiger partial charge is 0.0568 e. The van der Waals surface area contributed by atoms with Gasteiger partial charge in [0.1, 0.15) is 0 Å². The van der Waals surface area contributed by atoms with Crippen LogP contribution in [0.4, 0.5) is 0 Å². The van der Waals surface area contributed by atoms with E-state index in [0.717, 1.165) is 0 Å². The first kappa shape index (κ1) is 18.7. The maximum absolute atomic E-state index is 2.41. The molecule has 0 aliphatic heterocycles. The molecule has 0 spiro atoms. The zero-order chi connectivity index (χ0) is 22.3. The van der Waals surface area contributed by atoms with Gasteiger partial charge in [0, 0.05) is 34.1 Å². The summed E-state index contributed by atoms with van der Waals surface area (Å²) >= 11 is 0. The van der Waals surface area contributed by atoms with E-state index in [2.05, 4.69) is 123 Å². The van der Waals surface area contributed by atoms with Crippen molar-refractivity contribution in [2.75, 3.05) is 0 Å². The number of rotatable bonds is 1. The summed E-state index contributed by atoms with van der Waals surface area (Å²) in [6, 6.07) is 36.0. The summed E-state index contributed by atoms with van der Waals surface area (Å²) in [6.45, 7) is 4.70. The second kappa shape index (κ2) is 6.36. The highest BCUT2D eigenvalue weighted by molar-refractivity contribution is 6.18. The van der Waals surface area contributed by atoms with Crippen LogP contribution < -0.4 is 0 Å². The van der Waals surface area contributed by atoms with Gasteiger partial charge in [-0.25, -0.2) is 0 Å². The highest BCUT2D eigenvalue weighted by Gasteiger charge is 2.35. The van der Waals surface area contributed by atoms with Gasteiger partial charge in [-0.1, -0.05) is 92.7 Å². The predicted molar refractivity (Wildman–Crippen MR) is 141 cm³/mol. The van der Waals surface area contributed by atoms with Crippen LogP contribution in [0.1, 0.15) is 25.0 Å². The van der Waals surface area contributed by atoms with E-state index in [9.17, 15) is 0 Å². The van der Waals surface area contributed by atoms with E-state index in [-0.39, 0.29) is 5.41 Å². The first-order valence-electron chi connectivity index (χ1n) is 11.7. The molecule has 6 aromatic rings. The summed E-state index contributed by atoms with van der Waals surface area (Å²) in [5, 5.41) is 5.24. The molecule has 1 aliphatic carbocycles. The molecule has 0 atom stereocenters. The molecule has 7 rings (SSSR count). The third-order valence-electron chi connectivity index (χ3n) is 7.80. The fourth-order valence-electron chi connectivity index (χ4n) is 6.06. The quantitative estimate of drug-likeness (QED) is 0.250. The van der Waals surface area contributed by atoms with E-state index in [1.165, 1.54) is 66.0 Å². The summed E-state index contributed by atoms with van der Waals surface area (Å²) < 4.78 is 2.35. The van der Waals surface area contributed by atoms with Crippen LogP contribution in [0.2, 0.25) is 0 Å². The van der Waals surface area contributed by atoms with Gasteiger partial charge in [-0.15, -0.1) is 0 Å². The number of hydrogen-bond acceptors (Lipinski definition) is 0. The maximum Gasteiger partial charge on any atom is 0.0568 e. The molecule has 1 heteroatoms. The molecule has 33 heavy (non-hydrogen) atoms. The minimum atomic E-state index is 0.0183. The Balaban J connectivity index is 1.45. The number of hydrogen-bond donors (Lipinski definition) is 0. The van der Waals surface area contributed by atoms with Crippen molar-refractivity contribution < 1.29 is 0 Å². The molecule has 0 N–H and O–H groups in total. The van der Waals surface area contributed by atoms with Crippen LogP contribution in [-0.2, 0) is 12.5 Å². The third-order valence-corrected chi connectivity index (χ3v) is 7.80. The Hall–Kier alpha value is -3.84. The van der Waals surface area contributed by atoms with E-state index in [4.69, 9.17) is 0 Å². The molecule has 0 saturated heterocycles. The fourth-order valence-corrected chi connectivity index (χ4v) is 6.06.